The van der Waals surface area contributed by atoms with Crippen LogP contribution in [0.4, 0.5) is 0 Å². The fourth-order valence-electron chi connectivity index (χ4n) is 6.09. The number of aryl methyl sites for hydroxylation is 1. The summed E-state index contributed by atoms with van der Waals surface area (Å²) < 4.78 is 5.77. The highest BCUT2D eigenvalue weighted by atomic mass is 16.5. The average molecular weight is 433 g/mol. The highest BCUT2D eigenvalue weighted by Gasteiger charge is 2.36. The Labute approximate surface area is 192 Å². The Morgan fingerprint density at radius 2 is 2.00 bits per heavy atom. The smallest absolute Gasteiger partial charge is 0.226 e. The van der Waals surface area contributed by atoms with E-state index in [1.807, 2.05) is 0 Å². The van der Waals surface area contributed by atoms with Crippen LogP contribution >= 0.6 is 0 Å². The molecule has 4 heteroatoms. The molecule has 1 saturated carbocycles. The summed E-state index contributed by atoms with van der Waals surface area (Å²) >= 11 is 0. The summed E-state index contributed by atoms with van der Waals surface area (Å²) in [6.45, 7) is 3.01. The summed E-state index contributed by atoms with van der Waals surface area (Å²) in [5.41, 5.74) is 7.98. The lowest BCUT2D eigenvalue weighted by Crippen LogP contribution is -2.44. The molecule has 32 heavy (non-hydrogen) atoms. The molecule has 170 valence electrons. The van der Waals surface area contributed by atoms with Crippen LogP contribution in [-0.2, 0) is 30.5 Å². The second-order valence-corrected chi connectivity index (χ2v) is 9.70. The van der Waals surface area contributed by atoms with Gasteiger partial charge in [0.05, 0.1) is 13.2 Å². The number of allylic oxidation sites excluding steroid dienone is 1. The number of carbonyl (C=O) groups excluding carboxylic acids is 1. The van der Waals surface area contributed by atoms with Gasteiger partial charge in [-0.2, -0.15) is 0 Å². The predicted molar refractivity (Wildman–Crippen MR) is 129 cm³/mol. The first kappa shape index (κ1) is 21.4. The Kier molecular flexibility index (Phi) is 6.12. The fourth-order valence-corrected chi connectivity index (χ4v) is 6.09. The topological polar surface area (TPSA) is 45.3 Å². The molecule has 5 rings (SSSR count). The van der Waals surface area contributed by atoms with Crippen molar-refractivity contribution in [1.82, 2.24) is 9.88 Å². The molecule has 2 aromatic rings. The number of rotatable bonds is 5. The number of fused-ring (bicyclic) bond motifs is 2. The number of nitrogens with one attached hydrogen (secondary N) is 1. The summed E-state index contributed by atoms with van der Waals surface area (Å²) in [6.07, 6.45) is 17.3. The minimum absolute atomic E-state index is 0.0822. The van der Waals surface area contributed by atoms with E-state index in [9.17, 15) is 4.79 Å². The SMILES string of the molecule is CCc1cc2c(cc1OC)C(Cc1c[nH]c3c1CCC=C3)N(C(=O)C1CCCCC1)CC2. The number of methoxy groups -OCH3 is 1. The summed E-state index contributed by atoms with van der Waals surface area (Å²) in [7, 11) is 1.76. The van der Waals surface area contributed by atoms with Crippen molar-refractivity contribution in [2.24, 2.45) is 5.92 Å². The number of ether oxygens (including phenoxy) is 1. The monoisotopic (exact) mass is 432 g/mol. The Bertz CT molecular complexity index is 1010. The third-order valence-corrected chi connectivity index (χ3v) is 7.89. The summed E-state index contributed by atoms with van der Waals surface area (Å²) in [5.74, 6) is 1.54. The maximum Gasteiger partial charge on any atom is 0.226 e. The zero-order valence-corrected chi connectivity index (χ0v) is 19.6. The van der Waals surface area contributed by atoms with Crippen LogP contribution in [0, 0.1) is 5.92 Å². The second-order valence-electron chi connectivity index (χ2n) is 9.70. The molecule has 0 bridgehead atoms. The van der Waals surface area contributed by atoms with E-state index in [0.29, 0.717) is 5.91 Å². The summed E-state index contributed by atoms with van der Waals surface area (Å²) in [6, 6.07) is 4.65. The van der Waals surface area contributed by atoms with Gasteiger partial charge in [0, 0.05) is 24.4 Å². The van der Waals surface area contributed by atoms with Crippen molar-refractivity contribution in [3.63, 3.8) is 0 Å². The highest BCUT2D eigenvalue weighted by Crippen LogP contribution is 2.40. The van der Waals surface area contributed by atoms with Gasteiger partial charge in [0.25, 0.3) is 0 Å². The average Bonchev–Trinajstić information content (AvgIpc) is 3.26. The lowest BCUT2D eigenvalue weighted by molar-refractivity contribution is -0.139. The number of benzene rings is 1. The van der Waals surface area contributed by atoms with Crippen LogP contribution in [0.2, 0.25) is 0 Å². The molecular formula is C28H36N2O2. The van der Waals surface area contributed by atoms with E-state index in [0.717, 1.165) is 57.2 Å². The molecule has 2 aliphatic carbocycles. The van der Waals surface area contributed by atoms with Crippen molar-refractivity contribution in [1.29, 1.82) is 0 Å². The van der Waals surface area contributed by atoms with Crippen molar-refractivity contribution in [2.75, 3.05) is 13.7 Å². The minimum Gasteiger partial charge on any atom is -0.496 e. The number of carbonyl (C=O) groups is 1. The molecule has 1 aromatic heterocycles. The van der Waals surface area contributed by atoms with Gasteiger partial charge in [-0.05, 0) is 84.9 Å². The molecule has 1 aromatic carbocycles. The van der Waals surface area contributed by atoms with E-state index in [2.05, 4.69) is 47.3 Å². The molecule has 4 nitrogen and oxygen atoms in total. The Balaban J connectivity index is 1.53. The molecule has 1 amide bonds. The van der Waals surface area contributed by atoms with Gasteiger partial charge in [-0.1, -0.05) is 38.3 Å². The van der Waals surface area contributed by atoms with Gasteiger partial charge in [-0.3, -0.25) is 4.79 Å². The van der Waals surface area contributed by atoms with Crippen LogP contribution in [0.25, 0.3) is 6.08 Å². The third kappa shape index (κ3) is 3.89. The predicted octanol–water partition coefficient (Wildman–Crippen LogP) is 5.79. The van der Waals surface area contributed by atoms with E-state index >= 15 is 0 Å². The Hall–Kier alpha value is -2.49. The molecule has 1 unspecified atom stereocenters. The van der Waals surface area contributed by atoms with E-state index in [1.165, 1.54) is 52.8 Å². The van der Waals surface area contributed by atoms with Crippen molar-refractivity contribution in [3.8, 4) is 5.75 Å². The largest absolute Gasteiger partial charge is 0.496 e. The van der Waals surface area contributed by atoms with Crippen LogP contribution in [-0.4, -0.2) is 29.4 Å². The molecular weight excluding hydrogens is 396 g/mol. The van der Waals surface area contributed by atoms with Gasteiger partial charge < -0.3 is 14.6 Å². The van der Waals surface area contributed by atoms with Crippen molar-refractivity contribution >= 4 is 12.0 Å². The molecule has 0 spiro atoms. The zero-order chi connectivity index (χ0) is 22.1. The lowest BCUT2D eigenvalue weighted by Gasteiger charge is -2.40. The minimum atomic E-state index is 0.0822. The van der Waals surface area contributed by atoms with Crippen LogP contribution < -0.4 is 4.74 Å². The van der Waals surface area contributed by atoms with E-state index in [4.69, 9.17) is 4.74 Å². The number of hydrogen-bond acceptors (Lipinski definition) is 2. The molecule has 0 radical (unpaired) electrons. The first-order valence-electron chi connectivity index (χ1n) is 12.6. The highest BCUT2D eigenvalue weighted by molar-refractivity contribution is 5.80. The van der Waals surface area contributed by atoms with Gasteiger partial charge >= 0.3 is 0 Å². The molecule has 3 aliphatic rings. The molecule has 1 atom stereocenters. The molecule has 2 heterocycles. The normalized spacial score (nSPS) is 20.7. The lowest BCUT2D eigenvalue weighted by atomic mass is 9.83. The van der Waals surface area contributed by atoms with E-state index in [-0.39, 0.29) is 12.0 Å². The number of H-pyrrole nitrogens is 1. The van der Waals surface area contributed by atoms with E-state index < -0.39 is 0 Å². The third-order valence-electron chi connectivity index (χ3n) is 7.89. The molecule has 1 fully saturated rings. The van der Waals surface area contributed by atoms with Crippen molar-refractivity contribution < 1.29 is 9.53 Å². The number of aromatic amines is 1. The molecule has 1 aliphatic heterocycles. The molecule has 0 saturated heterocycles. The number of nitrogens with zero attached hydrogens (tertiary/aromatic N) is 1. The maximum absolute atomic E-state index is 13.7. The zero-order valence-electron chi connectivity index (χ0n) is 19.6. The first-order valence-corrected chi connectivity index (χ1v) is 12.6. The van der Waals surface area contributed by atoms with Gasteiger partial charge in [0.1, 0.15) is 5.75 Å². The van der Waals surface area contributed by atoms with Gasteiger partial charge in [0.2, 0.25) is 5.91 Å². The Morgan fingerprint density at radius 3 is 2.78 bits per heavy atom. The van der Waals surface area contributed by atoms with Crippen LogP contribution in [0.1, 0.15) is 85.0 Å². The van der Waals surface area contributed by atoms with E-state index in [1.54, 1.807) is 7.11 Å². The quantitative estimate of drug-likeness (QED) is 0.650. The first-order chi connectivity index (χ1) is 15.7. The summed E-state index contributed by atoms with van der Waals surface area (Å²) in [5, 5.41) is 0. The van der Waals surface area contributed by atoms with Crippen LogP contribution in [0.15, 0.2) is 24.4 Å². The number of hydrogen-bond donors (Lipinski definition) is 1. The maximum atomic E-state index is 13.7. The van der Waals surface area contributed by atoms with Gasteiger partial charge in [-0.15, -0.1) is 0 Å². The van der Waals surface area contributed by atoms with Gasteiger partial charge in [-0.25, -0.2) is 0 Å². The standard InChI is InChI=1S/C28H36N2O2/c1-3-19-15-21-13-14-30(28(31)20-9-5-4-6-10-20)26(24(21)17-27(19)32-2)16-22-18-29-25-12-8-7-11-23(22)25/h8,12,15,17-18,20,26,29H,3-7,9-11,13-14,16H2,1-2H3. The van der Waals surface area contributed by atoms with Crippen molar-refractivity contribution in [3.05, 3.63) is 57.9 Å². The van der Waals surface area contributed by atoms with Crippen LogP contribution in [0.3, 0.4) is 0 Å². The van der Waals surface area contributed by atoms with Crippen molar-refractivity contribution in [2.45, 2.75) is 77.2 Å². The molecule has 1 N–H and O–H groups in total. The van der Waals surface area contributed by atoms with Gasteiger partial charge in [0.15, 0.2) is 0 Å². The van der Waals surface area contributed by atoms with Crippen LogP contribution in [0.5, 0.6) is 5.75 Å². The second kappa shape index (κ2) is 9.17. The number of amides is 1. The summed E-state index contributed by atoms with van der Waals surface area (Å²) in [4.78, 5) is 19.4. The Morgan fingerprint density at radius 1 is 1.16 bits per heavy atom. The fraction of sp³-hybridized carbons (Fsp3) is 0.536. The number of aromatic nitrogens is 1.